The van der Waals surface area contributed by atoms with Gasteiger partial charge in [0, 0.05) is 14.1 Å². The molecule has 0 saturated carbocycles. The van der Waals surface area contributed by atoms with Crippen LogP contribution in [-0.2, 0) is 10.3 Å². The average molecular weight is 201 g/mol. The molecule has 0 N–H and O–H groups in total. The number of rotatable bonds is 3. The first-order chi connectivity index (χ1) is 6.02. The maximum absolute atomic E-state index is 11.2. The van der Waals surface area contributed by atoms with E-state index in [1.165, 1.54) is 14.1 Å². The number of nitrogens with zero attached hydrogens (tertiary/aromatic N) is 1. The van der Waals surface area contributed by atoms with Gasteiger partial charge >= 0.3 is 10.3 Å². The molecule has 0 fully saturated rings. The Labute approximate surface area is 78.0 Å². The first-order valence-electron chi connectivity index (χ1n) is 3.69. The van der Waals surface area contributed by atoms with E-state index in [1.807, 2.05) is 0 Å². The van der Waals surface area contributed by atoms with E-state index >= 15 is 0 Å². The predicted molar refractivity (Wildman–Crippen MR) is 49.7 cm³/mol. The fraction of sp³-hybridized carbons (Fsp3) is 0.250. The van der Waals surface area contributed by atoms with Gasteiger partial charge in [-0.15, -0.1) is 0 Å². The summed E-state index contributed by atoms with van der Waals surface area (Å²) in [6.07, 6.45) is 0. The third-order valence-corrected chi connectivity index (χ3v) is 2.69. The number of hydrogen-bond acceptors (Lipinski definition) is 3. The predicted octanol–water partition coefficient (Wildman–Crippen LogP) is 0.872. The van der Waals surface area contributed by atoms with Crippen molar-refractivity contribution in [3.05, 3.63) is 30.3 Å². The first-order valence-corrected chi connectivity index (χ1v) is 5.06. The average Bonchev–Trinajstić information content (AvgIpc) is 2.05. The van der Waals surface area contributed by atoms with E-state index in [0.29, 0.717) is 5.75 Å². The van der Waals surface area contributed by atoms with Gasteiger partial charge < -0.3 is 4.18 Å². The van der Waals surface area contributed by atoms with Gasteiger partial charge in [0.15, 0.2) is 0 Å². The molecule has 0 heterocycles. The van der Waals surface area contributed by atoms with Crippen molar-refractivity contribution in [3.8, 4) is 5.75 Å². The third-order valence-electron chi connectivity index (χ3n) is 1.39. The van der Waals surface area contributed by atoms with Crippen LogP contribution in [0.5, 0.6) is 5.75 Å². The van der Waals surface area contributed by atoms with Crippen molar-refractivity contribution in [2.45, 2.75) is 0 Å². The van der Waals surface area contributed by atoms with Crippen LogP contribution in [0.1, 0.15) is 0 Å². The van der Waals surface area contributed by atoms with Gasteiger partial charge in [-0.05, 0) is 12.1 Å². The second-order valence-electron chi connectivity index (χ2n) is 2.64. The lowest BCUT2D eigenvalue weighted by molar-refractivity contribution is 0.421. The molecule has 1 aromatic carbocycles. The highest BCUT2D eigenvalue weighted by Crippen LogP contribution is 2.12. The molecule has 0 aromatic heterocycles. The first kappa shape index (κ1) is 10.0. The number of benzene rings is 1. The fourth-order valence-corrected chi connectivity index (χ4v) is 1.18. The molecule has 72 valence electrons. The maximum Gasteiger partial charge on any atom is 0.384 e. The number of para-hydroxylation sites is 1. The Kier molecular flexibility index (Phi) is 2.90. The zero-order valence-corrected chi connectivity index (χ0v) is 8.28. The molecule has 1 rings (SSSR count). The van der Waals surface area contributed by atoms with Crippen LogP contribution in [0, 0.1) is 0 Å². The van der Waals surface area contributed by atoms with E-state index in [9.17, 15) is 8.42 Å². The third kappa shape index (κ3) is 2.71. The molecule has 0 bridgehead atoms. The van der Waals surface area contributed by atoms with Crippen LogP contribution < -0.4 is 4.18 Å². The highest BCUT2D eigenvalue weighted by molar-refractivity contribution is 7.84. The quantitative estimate of drug-likeness (QED) is 0.729. The largest absolute Gasteiger partial charge is 0.384 e. The van der Waals surface area contributed by atoms with Crippen LogP contribution in [-0.4, -0.2) is 26.8 Å². The van der Waals surface area contributed by atoms with Crippen molar-refractivity contribution < 1.29 is 12.6 Å². The number of hydrogen-bond donors (Lipinski definition) is 0. The monoisotopic (exact) mass is 201 g/mol. The van der Waals surface area contributed by atoms with Crippen LogP contribution in [0.25, 0.3) is 0 Å². The molecule has 0 saturated heterocycles. The molecular formula is C8H11NO3S. The van der Waals surface area contributed by atoms with Crippen LogP contribution in [0.2, 0.25) is 0 Å². The van der Waals surface area contributed by atoms with Crippen LogP contribution >= 0.6 is 0 Å². The maximum atomic E-state index is 11.2. The lowest BCUT2D eigenvalue weighted by Crippen LogP contribution is -2.26. The molecule has 0 aliphatic heterocycles. The summed E-state index contributed by atoms with van der Waals surface area (Å²) in [6, 6.07) is 8.37. The molecule has 0 spiro atoms. The van der Waals surface area contributed by atoms with Crippen molar-refractivity contribution in [2.24, 2.45) is 0 Å². The van der Waals surface area contributed by atoms with E-state index < -0.39 is 10.3 Å². The summed E-state index contributed by atoms with van der Waals surface area (Å²) in [5.41, 5.74) is 0. The van der Waals surface area contributed by atoms with Gasteiger partial charge in [0.2, 0.25) is 0 Å². The van der Waals surface area contributed by atoms with Gasteiger partial charge in [-0.25, -0.2) is 0 Å². The molecule has 13 heavy (non-hydrogen) atoms. The van der Waals surface area contributed by atoms with Gasteiger partial charge in [0.05, 0.1) is 0 Å². The van der Waals surface area contributed by atoms with Crippen molar-refractivity contribution in [1.29, 1.82) is 0 Å². The fourth-order valence-electron chi connectivity index (χ4n) is 0.672. The summed E-state index contributed by atoms with van der Waals surface area (Å²) < 4.78 is 28.2. The SMILES string of the molecule is CN(C)S(=O)(=O)Oc1ccccc1. The van der Waals surface area contributed by atoms with E-state index in [1.54, 1.807) is 30.3 Å². The van der Waals surface area contributed by atoms with Crippen LogP contribution in [0.4, 0.5) is 0 Å². The Morgan fingerprint density at radius 3 is 2.15 bits per heavy atom. The Morgan fingerprint density at radius 2 is 1.69 bits per heavy atom. The van der Waals surface area contributed by atoms with Gasteiger partial charge in [0.1, 0.15) is 5.75 Å². The highest BCUT2D eigenvalue weighted by atomic mass is 32.2. The Bertz CT molecular complexity index is 358. The van der Waals surface area contributed by atoms with Gasteiger partial charge in [-0.3, -0.25) is 0 Å². The zero-order chi connectivity index (χ0) is 9.90. The minimum absolute atomic E-state index is 0.316. The lowest BCUT2D eigenvalue weighted by atomic mass is 10.3. The Hall–Kier alpha value is -1.07. The smallest absolute Gasteiger partial charge is 0.371 e. The molecule has 0 aliphatic rings. The van der Waals surface area contributed by atoms with Crippen LogP contribution in [0.15, 0.2) is 30.3 Å². The lowest BCUT2D eigenvalue weighted by Gasteiger charge is -2.11. The van der Waals surface area contributed by atoms with E-state index in [2.05, 4.69) is 0 Å². The summed E-state index contributed by atoms with van der Waals surface area (Å²) in [5, 5.41) is 0. The Balaban J connectivity index is 2.82. The standard InChI is InChI=1S/C8H11NO3S/c1-9(2)13(10,11)12-8-6-4-3-5-7-8/h3-7H,1-2H3. The van der Waals surface area contributed by atoms with E-state index in [4.69, 9.17) is 4.18 Å². The molecule has 4 nitrogen and oxygen atoms in total. The molecule has 0 aliphatic carbocycles. The van der Waals surface area contributed by atoms with Gasteiger partial charge in [0.25, 0.3) is 0 Å². The second-order valence-corrected chi connectivity index (χ2v) is 4.39. The highest BCUT2D eigenvalue weighted by Gasteiger charge is 2.14. The Morgan fingerprint density at radius 1 is 1.15 bits per heavy atom. The van der Waals surface area contributed by atoms with Crippen molar-refractivity contribution in [2.75, 3.05) is 14.1 Å². The van der Waals surface area contributed by atoms with Crippen molar-refractivity contribution in [1.82, 2.24) is 4.31 Å². The summed E-state index contributed by atoms with van der Waals surface area (Å²) >= 11 is 0. The van der Waals surface area contributed by atoms with E-state index in [-0.39, 0.29) is 0 Å². The molecule has 0 unspecified atom stereocenters. The summed E-state index contributed by atoms with van der Waals surface area (Å²) in [5.74, 6) is 0.316. The topological polar surface area (TPSA) is 46.6 Å². The molecule has 1 aromatic rings. The minimum atomic E-state index is -3.62. The molecule has 5 heteroatoms. The van der Waals surface area contributed by atoms with Crippen molar-refractivity contribution in [3.63, 3.8) is 0 Å². The summed E-state index contributed by atoms with van der Waals surface area (Å²) in [7, 11) is -0.788. The molecule has 0 amide bonds. The van der Waals surface area contributed by atoms with E-state index in [0.717, 1.165) is 4.31 Å². The normalized spacial score (nSPS) is 11.6. The molecular weight excluding hydrogens is 190 g/mol. The molecule has 0 atom stereocenters. The van der Waals surface area contributed by atoms with Crippen molar-refractivity contribution >= 4 is 10.3 Å². The minimum Gasteiger partial charge on any atom is -0.371 e. The molecule has 0 radical (unpaired) electrons. The van der Waals surface area contributed by atoms with Gasteiger partial charge in [-0.1, -0.05) is 18.2 Å². The van der Waals surface area contributed by atoms with Crippen LogP contribution in [0.3, 0.4) is 0 Å². The van der Waals surface area contributed by atoms with Gasteiger partial charge in [-0.2, -0.15) is 12.7 Å². The second kappa shape index (κ2) is 3.76. The summed E-state index contributed by atoms with van der Waals surface area (Å²) in [6.45, 7) is 0. The zero-order valence-electron chi connectivity index (χ0n) is 7.47. The summed E-state index contributed by atoms with van der Waals surface area (Å²) in [4.78, 5) is 0.